The van der Waals surface area contributed by atoms with Crippen LogP contribution in [0.15, 0.2) is 30.5 Å². The number of amides is 2. The van der Waals surface area contributed by atoms with Gasteiger partial charge in [0.15, 0.2) is 0 Å². The second-order valence-corrected chi connectivity index (χ2v) is 5.17. The van der Waals surface area contributed by atoms with Crippen molar-refractivity contribution in [1.82, 2.24) is 10.2 Å². The van der Waals surface area contributed by atoms with E-state index in [-0.39, 0.29) is 18.2 Å². The fourth-order valence-electron chi connectivity index (χ4n) is 3.29. The Hall–Kier alpha value is -2.63. The van der Waals surface area contributed by atoms with Crippen molar-refractivity contribution in [3.05, 3.63) is 41.6 Å². The maximum Gasteiger partial charge on any atom is 0.242 e. The maximum atomic E-state index is 12.8. The van der Waals surface area contributed by atoms with Crippen molar-refractivity contribution >= 4 is 23.3 Å². The van der Waals surface area contributed by atoms with Gasteiger partial charge in [0.2, 0.25) is 11.8 Å². The van der Waals surface area contributed by atoms with Crippen LogP contribution in [0.5, 0.6) is 0 Å². The summed E-state index contributed by atoms with van der Waals surface area (Å²) in [5, 5.41) is 9.46. The predicted octanol–water partition coefficient (Wildman–Crippen LogP) is 1.01. The summed E-state index contributed by atoms with van der Waals surface area (Å²) in [5.74, 6) is 0.246. The number of likely N-dealkylation sites (N-methyl/N-ethyl adjacent to an activating group) is 1. The Morgan fingerprint density at radius 1 is 1.25 bits per heavy atom. The molecule has 4 rings (SSSR count). The molecule has 0 saturated heterocycles. The van der Waals surface area contributed by atoms with Gasteiger partial charge < -0.3 is 10.2 Å². The number of carbonyl (C=O) groups is 2. The SMILES string of the molecule is CN1C(=O)[C@]2(CC(=O)Nc3[nH]ncc32)c2ccccc21. The van der Waals surface area contributed by atoms with Gasteiger partial charge in [0.25, 0.3) is 0 Å². The Morgan fingerprint density at radius 2 is 2.05 bits per heavy atom. The summed E-state index contributed by atoms with van der Waals surface area (Å²) in [7, 11) is 1.74. The molecule has 20 heavy (non-hydrogen) atoms. The average molecular weight is 268 g/mol. The maximum absolute atomic E-state index is 12.8. The molecule has 2 aromatic rings. The molecule has 2 aliphatic rings. The topological polar surface area (TPSA) is 78.1 Å². The van der Waals surface area contributed by atoms with Gasteiger partial charge in [-0.1, -0.05) is 18.2 Å². The van der Waals surface area contributed by atoms with Crippen LogP contribution in [0.2, 0.25) is 0 Å². The van der Waals surface area contributed by atoms with E-state index >= 15 is 0 Å². The Kier molecular flexibility index (Phi) is 1.95. The van der Waals surface area contributed by atoms with Gasteiger partial charge in [-0.2, -0.15) is 5.10 Å². The fourth-order valence-corrected chi connectivity index (χ4v) is 3.29. The first-order chi connectivity index (χ1) is 9.64. The van der Waals surface area contributed by atoms with Crippen LogP contribution in [0.1, 0.15) is 17.5 Å². The molecule has 1 atom stereocenters. The number of anilines is 2. The van der Waals surface area contributed by atoms with Crippen molar-refractivity contribution < 1.29 is 9.59 Å². The first-order valence-electron chi connectivity index (χ1n) is 6.36. The van der Waals surface area contributed by atoms with Crippen LogP contribution in [-0.2, 0) is 15.0 Å². The molecule has 0 fully saturated rings. The summed E-state index contributed by atoms with van der Waals surface area (Å²) >= 11 is 0. The molecule has 2 aliphatic heterocycles. The van der Waals surface area contributed by atoms with E-state index in [0.717, 1.165) is 16.8 Å². The summed E-state index contributed by atoms with van der Waals surface area (Å²) in [6, 6.07) is 7.58. The smallest absolute Gasteiger partial charge is 0.242 e. The molecule has 0 unspecified atom stereocenters. The molecular formula is C14H12N4O2. The number of nitrogens with one attached hydrogen (secondary N) is 2. The van der Waals surface area contributed by atoms with Gasteiger partial charge in [0, 0.05) is 24.7 Å². The third kappa shape index (κ3) is 1.11. The molecule has 0 bridgehead atoms. The quantitative estimate of drug-likeness (QED) is 0.748. The highest BCUT2D eigenvalue weighted by molar-refractivity contribution is 6.15. The third-order valence-electron chi connectivity index (χ3n) is 4.18. The second kappa shape index (κ2) is 3.47. The molecule has 6 heteroatoms. The molecule has 0 aliphatic carbocycles. The van der Waals surface area contributed by atoms with E-state index in [9.17, 15) is 9.59 Å². The number of fused-ring (bicyclic) bond motifs is 4. The van der Waals surface area contributed by atoms with Crippen molar-refractivity contribution in [3.63, 3.8) is 0 Å². The van der Waals surface area contributed by atoms with Crippen LogP contribution in [0.4, 0.5) is 11.5 Å². The molecule has 2 amide bonds. The number of H-pyrrole nitrogens is 1. The highest BCUT2D eigenvalue weighted by Gasteiger charge is 2.55. The third-order valence-corrected chi connectivity index (χ3v) is 4.18. The number of carbonyl (C=O) groups excluding carboxylic acids is 2. The van der Waals surface area contributed by atoms with Gasteiger partial charge in [0.05, 0.1) is 6.20 Å². The van der Waals surface area contributed by atoms with Gasteiger partial charge in [0.1, 0.15) is 11.2 Å². The molecular weight excluding hydrogens is 256 g/mol. The highest BCUT2D eigenvalue weighted by atomic mass is 16.2. The lowest BCUT2D eigenvalue weighted by molar-refractivity contribution is -0.126. The Balaban J connectivity index is 2.07. The first kappa shape index (κ1) is 11.2. The molecule has 0 radical (unpaired) electrons. The van der Waals surface area contributed by atoms with Crippen LogP contribution in [0.25, 0.3) is 0 Å². The number of aromatic nitrogens is 2. The lowest BCUT2D eigenvalue weighted by atomic mass is 9.72. The van der Waals surface area contributed by atoms with Crippen molar-refractivity contribution in [2.45, 2.75) is 11.8 Å². The minimum absolute atomic E-state index is 0.0869. The largest absolute Gasteiger partial charge is 0.314 e. The number of rotatable bonds is 0. The zero-order chi connectivity index (χ0) is 13.9. The van der Waals surface area contributed by atoms with Crippen LogP contribution in [0.3, 0.4) is 0 Å². The highest BCUT2D eigenvalue weighted by Crippen LogP contribution is 2.50. The number of hydrogen-bond acceptors (Lipinski definition) is 3. The summed E-state index contributed by atoms with van der Waals surface area (Å²) < 4.78 is 0. The molecule has 1 spiro atoms. The Labute approximate surface area is 114 Å². The second-order valence-electron chi connectivity index (χ2n) is 5.17. The van der Waals surface area contributed by atoms with E-state index in [2.05, 4.69) is 15.5 Å². The Morgan fingerprint density at radius 3 is 2.90 bits per heavy atom. The van der Waals surface area contributed by atoms with E-state index in [4.69, 9.17) is 0 Å². The number of aromatic amines is 1. The minimum atomic E-state index is -0.948. The van der Waals surface area contributed by atoms with Gasteiger partial charge in [-0.25, -0.2) is 0 Å². The number of hydrogen-bond donors (Lipinski definition) is 2. The van der Waals surface area contributed by atoms with Crippen LogP contribution in [0, 0.1) is 0 Å². The van der Waals surface area contributed by atoms with Gasteiger partial charge >= 0.3 is 0 Å². The van der Waals surface area contributed by atoms with E-state index in [1.807, 2.05) is 24.3 Å². The van der Waals surface area contributed by atoms with Crippen molar-refractivity contribution in [1.29, 1.82) is 0 Å². The molecule has 3 heterocycles. The lowest BCUT2D eigenvalue weighted by Gasteiger charge is -2.31. The number of benzene rings is 1. The lowest BCUT2D eigenvalue weighted by Crippen LogP contribution is -2.45. The summed E-state index contributed by atoms with van der Waals surface area (Å²) in [6.07, 6.45) is 1.74. The van der Waals surface area contributed by atoms with Crippen molar-refractivity contribution in [2.24, 2.45) is 0 Å². The van der Waals surface area contributed by atoms with Gasteiger partial charge in [-0.05, 0) is 11.6 Å². The standard InChI is InChI=1S/C14H12N4O2/c1-18-10-5-3-2-4-8(10)14(13(18)20)6-11(19)16-12-9(14)7-15-17-12/h2-5,7H,6H2,1H3,(H2,15,16,17,19)/t14-/m1/s1. The van der Waals surface area contributed by atoms with Gasteiger partial charge in [-0.3, -0.25) is 14.7 Å². The molecule has 2 N–H and O–H groups in total. The van der Waals surface area contributed by atoms with Crippen molar-refractivity contribution in [3.8, 4) is 0 Å². The summed E-state index contributed by atoms with van der Waals surface area (Å²) in [5.41, 5.74) is 1.50. The monoisotopic (exact) mass is 268 g/mol. The molecule has 1 aromatic heterocycles. The van der Waals surface area contributed by atoms with Crippen molar-refractivity contribution in [2.75, 3.05) is 17.3 Å². The van der Waals surface area contributed by atoms with Gasteiger partial charge in [-0.15, -0.1) is 0 Å². The van der Waals surface area contributed by atoms with E-state index in [0.29, 0.717) is 5.82 Å². The molecule has 0 saturated carbocycles. The van der Waals surface area contributed by atoms with Crippen LogP contribution >= 0.6 is 0 Å². The summed E-state index contributed by atoms with van der Waals surface area (Å²) in [6.45, 7) is 0. The summed E-state index contributed by atoms with van der Waals surface area (Å²) in [4.78, 5) is 26.5. The number of nitrogens with zero attached hydrogens (tertiary/aromatic N) is 2. The minimum Gasteiger partial charge on any atom is -0.314 e. The Bertz CT molecular complexity index is 751. The normalized spacial score (nSPS) is 23.8. The van der Waals surface area contributed by atoms with E-state index < -0.39 is 5.41 Å². The predicted molar refractivity (Wildman–Crippen MR) is 72.5 cm³/mol. The average Bonchev–Trinajstić information content (AvgIpc) is 2.99. The number of para-hydroxylation sites is 1. The van der Waals surface area contributed by atoms with Crippen LogP contribution in [-0.4, -0.2) is 29.1 Å². The molecule has 1 aromatic carbocycles. The zero-order valence-electron chi connectivity index (χ0n) is 10.8. The van der Waals surface area contributed by atoms with Crippen LogP contribution < -0.4 is 10.2 Å². The fraction of sp³-hybridized carbons (Fsp3) is 0.214. The first-order valence-corrected chi connectivity index (χ1v) is 6.36. The molecule has 100 valence electrons. The molecule has 6 nitrogen and oxygen atoms in total. The zero-order valence-corrected chi connectivity index (χ0v) is 10.8. The van der Waals surface area contributed by atoms with E-state index in [1.54, 1.807) is 18.1 Å². The van der Waals surface area contributed by atoms with E-state index in [1.165, 1.54) is 0 Å².